The monoisotopic (exact) mass is 243 g/mol. The number of hydrogen-bond acceptors (Lipinski definition) is 3. The molecule has 1 aliphatic rings. The standard InChI is InChI=1S/C12H21NO4/c1-3-7-17-8-11(14)13-6-4-5-10(9(13)2)12(15)16/h9-10H,3-8H2,1-2H3,(H,15,16)/t9-,10-/m0/s1. The molecule has 98 valence electrons. The van der Waals surface area contributed by atoms with Gasteiger partial charge in [-0.25, -0.2) is 0 Å². The van der Waals surface area contributed by atoms with Crippen molar-refractivity contribution in [2.45, 2.75) is 39.2 Å². The highest BCUT2D eigenvalue weighted by Crippen LogP contribution is 2.23. The zero-order chi connectivity index (χ0) is 12.8. The van der Waals surface area contributed by atoms with E-state index in [4.69, 9.17) is 9.84 Å². The number of aliphatic carboxylic acids is 1. The summed E-state index contributed by atoms with van der Waals surface area (Å²) < 4.78 is 5.20. The first kappa shape index (κ1) is 14.0. The number of likely N-dealkylation sites (tertiary alicyclic amines) is 1. The molecule has 0 saturated carbocycles. The quantitative estimate of drug-likeness (QED) is 0.735. The van der Waals surface area contributed by atoms with Crippen molar-refractivity contribution >= 4 is 11.9 Å². The molecule has 0 aromatic heterocycles. The van der Waals surface area contributed by atoms with Crippen molar-refractivity contribution in [1.29, 1.82) is 0 Å². The van der Waals surface area contributed by atoms with Gasteiger partial charge in [0, 0.05) is 19.2 Å². The van der Waals surface area contributed by atoms with Crippen LogP contribution in [-0.2, 0) is 14.3 Å². The lowest BCUT2D eigenvalue weighted by Gasteiger charge is -2.37. The van der Waals surface area contributed by atoms with Gasteiger partial charge in [-0.3, -0.25) is 9.59 Å². The molecule has 1 rings (SSSR count). The van der Waals surface area contributed by atoms with Crippen LogP contribution in [-0.4, -0.2) is 47.7 Å². The molecule has 0 aromatic rings. The third-order valence-electron chi connectivity index (χ3n) is 3.20. The second-order valence-corrected chi connectivity index (χ2v) is 4.47. The molecule has 17 heavy (non-hydrogen) atoms. The molecule has 1 saturated heterocycles. The number of carboxylic acid groups (broad SMARTS) is 1. The lowest BCUT2D eigenvalue weighted by molar-refractivity contribution is -0.150. The number of rotatable bonds is 5. The normalized spacial score (nSPS) is 24.7. The molecule has 1 amide bonds. The third-order valence-corrected chi connectivity index (χ3v) is 3.20. The number of amides is 1. The smallest absolute Gasteiger partial charge is 0.308 e. The first-order chi connectivity index (χ1) is 8.07. The first-order valence-corrected chi connectivity index (χ1v) is 6.18. The fraction of sp³-hybridized carbons (Fsp3) is 0.833. The number of carbonyl (C=O) groups is 2. The van der Waals surface area contributed by atoms with E-state index >= 15 is 0 Å². The molecule has 1 heterocycles. The number of hydrogen-bond donors (Lipinski definition) is 1. The van der Waals surface area contributed by atoms with Gasteiger partial charge in [0.2, 0.25) is 5.91 Å². The molecule has 0 aliphatic carbocycles. The van der Waals surface area contributed by atoms with Gasteiger partial charge in [-0.1, -0.05) is 6.92 Å². The van der Waals surface area contributed by atoms with Gasteiger partial charge < -0.3 is 14.7 Å². The Morgan fingerprint density at radius 1 is 1.47 bits per heavy atom. The van der Waals surface area contributed by atoms with Crippen LogP contribution in [0, 0.1) is 5.92 Å². The summed E-state index contributed by atoms with van der Waals surface area (Å²) in [6.45, 7) is 5.05. The molecule has 0 spiro atoms. The van der Waals surface area contributed by atoms with E-state index in [1.54, 1.807) is 11.8 Å². The Labute approximate surface area is 102 Å². The molecule has 1 aliphatic heterocycles. The van der Waals surface area contributed by atoms with Crippen molar-refractivity contribution < 1.29 is 19.4 Å². The van der Waals surface area contributed by atoms with Crippen LogP contribution in [0.15, 0.2) is 0 Å². The first-order valence-electron chi connectivity index (χ1n) is 6.18. The van der Waals surface area contributed by atoms with Crippen molar-refractivity contribution in [3.05, 3.63) is 0 Å². The van der Waals surface area contributed by atoms with Crippen LogP contribution < -0.4 is 0 Å². The van der Waals surface area contributed by atoms with E-state index in [-0.39, 0.29) is 18.6 Å². The second kappa shape index (κ2) is 6.59. The summed E-state index contributed by atoms with van der Waals surface area (Å²) in [5.74, 6) is -1.36. The summed E-state index contributed by atoms with van der Waals surface area (Å²) in [7, 11) is 0. The summed E-state index contributed by atoms with van der Waals surface area (Å²) in [6, 6.07) is -0.237. The average Bonchev–Trinajstić information content (AvgIpc) is 2.29. The van der Waals surface area contributed by atoms with Crippen LogP contribution in [0.25, 0.3) is 0 Å². The molecule has 1 N–H and O–H groups in total. The Morgan fingerprint density at radius 3 is 2.76 bits per heavy atom. The van der Waals surface area contributed by atoms with E-state index in [1.165, 1.54) is 0 Å². The van der Waals surface area contributed by atoms with Gasteiger partial charge in [-0.05, 0) is 26.2 Å². The maximum absolute atomic E-state index is 11.9. The Balaban J connectivity index is 2.51. The molecule has 0 aromatic carbocycles. The van der Waals surface area contributed by atoms with Crippen LogP contribution in [0.3, 0.4) is 0 Å². The Hall–Kier alpha value is -1.10. The Morgan fingerprint density at radius 2 is 2.18 bits per heavy atom. The summed E-state index contributed by atoms with van der Waals surface area (Å²) >= 11 is 0. The summed E-state index contributed by atoms with van der Waals surface area (Å²) in [5.41, 5.74) is 0. The Bertz CT molecular complexity index is 280. The number of carboxylic acids is 1. The predicted molar refractivity (Wildman–Crippen MR) is 62.6 cm³/mol. The van der Waals surface area contributed by atoms with Crippen molar-refractivity contribution in [3.8, 4) is 0 Å². The highest BCUT2D eigenvalue weighted by molar-refractivity contribution is 5.79. The maximum atomic E-state index is 11.9. The highest BCUT2D eigenvalue weighted by atomic mass is 16.5. The van der Waals surface area contributed by atoms with E-state index in [1.807, 2.05) is 6.92 Å². The van der Waals surface area contributed by atoms with Gasteiger partial charge >= 0.3 is 5.97 Å². The van der Waals surface area contributed by atoms with Crippen LogP contribution in [0.2, 0.25) is 0 Å². The fourth-order valence-electron chi connectivity index (χ4n) is 2.21. The molecule has 0 unspecified atom stereocenters. The zero-order valence-corrected chi connectivity index (χ0v) is 10.5. The molecular weight excluding hydrogens is 222 g/mol. The van der Waals surface area contributed by atoms with E-state index < -0.39 is 11.9 Å². The minimum absolute atomic E-state index is 0.0600. The van der Waals surface area contributed by atoms with Crippen LogP contribution in [0.5, 0.6) is 0 Å². The second-order valence-electron chi connectivity index (χ2n) is 4.47. The van der Waals surface area contributed by atoms with Gasteiger partial charge in [0.05, 0.1) is 5.92 Å². The van der Waals surface area contributed by atoms with Gasteiger partial charge in [0.1, 0.15) is 6.61 Å². The minimum atomic E-state index is -0.815. The molecule has 2 atom stereocenters. The molecule has 0 radical (unpaired) electrons. The number of nitrogens with zero attached hydrogens (tertiary/aromatic N) is 1. The van der Waals surface area contributed by atoms with Crippen LogP contribution in [0.1, 0.15) is 33.1 Å². The third kappa shape index (κ3) is 3.70. The Kier molecular flexibility index (Phi) is 5.41. The van der Waals surface area contributed by atoms with Gasteiger partial charge in [-0.2, -0.15) is 0 Å². The molecule has 5 heteroatoms. The number of ether oxygens (including phenoxy) is 1. The van der Waals surface area contributed by atoms with Crippen LogP contribution >= 0.6 is 0 Å². The van der Waals surface area contributed by atoms with Crippen molar-refractivity contribution in [2.24, 2.45) is 5.92 Å². The molecule has 5 nitrogen and oxygen atoms in total. The lowest BCUT2D eigenvalue weighted by atomic mass is 9.90. The topological polar surface area (TPSA) is 66.8 Å². The number of piperidine rings is 1. The predicted octanol–water partition coefficient (Wildman–Crippen LogP) is 1.12. The van der Waals surface area contributed by atoms with Crippen molar-refractivity contribution in [3.63, 3.8) is 0 Å². The lowest BCUT2D eigenvalue weighted by Crippen LogP contribution is -2.50. The minimum Gasteiger partial charge on any atom is -0.481 e. The van der Waals surface area contributed by atoms with E-state index in [9.17, 15) is 9.59 Å². The van der Waals surface area contributed by atoms with Gasteiger partial charge in [0.15, 0.2) is 0 Å². The SMILES string of the molecule is CCCOCC(=O)N1CCC[C@H](C(=O)O)[C@@H]1C. The van der Waals surface area contributed by atoms with Crippen molar-refractivity contribution in [1.82, 2.24) is 4.90 Å². The summed E-state index contributed by atoms with van der Waals surface area (Å²) in [5, 5.41) is 9.05. The average molecular weight is 243 g/mol. The molecule has 1 fully saturated rings. The van der Waals surface area contributed by atoms with E-state index in [0.717, 1.165) is 12.8 Å². The zero-order valence-electron chi connectivity index (χ0n) is 10.5. The van der Waals surface area contributed by atoms with E-state index in [0.29, 0.717) is 19.6 Å². The molecular formula is C12H21NO4. The summed E-state index contributed by atoms with van der Waals surface area (Å²) in [4.78, 5) is 24.5. The van der Waals surface area contributed by atoms with Crippen LogP contribution in [0.4, 0.5) is 0 Å². The van der Waals surface area contributed by atoms with E-state index in [2.05, 4.69) is 0 Å². The number of carbonyl (C=O) groups excluding carboxylic acids is 1. The van der Waals surface area contributed by atoms with Crippen molar-refractivity contribution in [2.75, 3.05) is 19.8 Å². The fourth-order valence-corrected chi connectivity index (χ4v) is 2.21. The van der Waals surface area contributed by atoms with Gasteiger partial charge in [-0.15, -0.1) is 0 Å². The highest BCUT2D eigenvalue weighted by Gasteiger charge is 2.35. The maximum Gasteiger partial charge on any atom is 0.308 e. The molecule has 0 bridgehead atoms. The summed E-state index contributed by atoms with van der Waals surface area (Å²) in [6.07, 6.45) is 2.28. The largest absolute Gasteiger partial charge is 0.481 e. The van der Waals surface area contributed by atoms with Gasteiger partial charge in [0.25, 0.3) is 0 Å².